The molecule has 0 aliphatic heterocycles. The van der Waals surface area contributed by atoms with Crippen LogP contribution in [0.25, 0.3) is 0 Å². The fourth-order valence-electron chi connectivity index (χ4n) is 2.57. The highest BCUT2D eigenvalue weighted by Gasteiger charge is 2.41. The maximum absolute atomic E-state index is 13.2. The van der Waals surface area contributed by atoms with Crippen molar-refractivity contribution in [2.75, 3.05) is 0 Å². The average molecular weight is 236 g/mol. The Morgan fingerprint density at radius 3 is 2.18 bits per heavy atom. The van der Waals surface area contributed by atoms with Crippen LogP contribution < -0.4 is 0 Å². The van der Waals surface area contributed by atoms with Crippen molar-refractivity contribution < 1.29 is 8.78 Å². The van der Waals surface area contributed by atoms with E-state index in [0.29, 0.717) is 12.8 Å². The van der Waals surface area contributed by atoms with E-state index < -0.39 is 5.92 Å². The summed E-state index contributed by atoms with van der Waals surface area (Å²) in [5.74, 6) is -2.47. The van der Waals surface area contributed by atoms with Gasteiger partial charge in [-0.2, -0.15) is 0 Å². The summed E-state index contributed by atoms with van der Waals surface area (Å²) in [6.45, 7) is 3.86. The zero-order valence-corrected chi connectivity index (χ0v) is 9.96. The van der Waals surface area contributed by atoms with E-state index in [2.05, 4.69) is 18.7 Å². The summed E-state index contributed by atoms with van der Waals surface area (Å²) in [6.07, 6.45) is 3.77. The summed E-state index contributed by atoms with van der Waals surface area (Å²) in [4.78, 5) is 0. The van der Waals surface area contributed by atoms with Crippen LogP contribution in [0.5, 0.6) is 0 Å². The molecule has 0 amide bonds. The number of hydrogen-bond donors (Lipinski definition) is 0. The molecule has 0 heterocycles. The molecule has 2 heteroatoms. The normalized spacial score (nSPS) is 22.0. The minimum atomic E-state index is -2.47. The largest absolute Gasteiger partial charge is 0.248 e. The molecule has 1 fully saturated rings. The van der Waals surface area contributed by atoms with E-state index in [9.17, 15) is 8.78 Å². The predicted octanol–water partition coefficient (Wildman–Crippen LogP) is 4.61. The molecule has 0 bridgehead atoms. The lowest BCUT2D eigenvalue weighted by atomic mass is 9.69. The summed E-state index contributed by atoms with van der Waals surface area (Å²) in [5, 5.41) is 0. The van der Waals surface area contributed by atoms with Crippen LogP contribution in [0.3, 0.4) is 0 Å². The second-order valence-electron chi connectivity index (χ2n) is 5.08. The Hall–Kier alpha value is -1.18. The smallest absolute Gasteiger partial charge is 0.207 e. The molecule has 1 aliphatic carbocycles. The van der Waals surface area contributed by atoms with Crippen LogP contribution in [0.15, 0.2) is 43.0 Å². The maximum Gasteiger partial charge on any atom is 0.248 e. The molecular weight excluding hydrogens is 218 g/mol. The van der Waals surface area contributed by atoms with Gasteiger partial charge in [-0.15, -0.1) is 6.58 Å². The van der Waals surface area contributed by atoms with Crippen molar-refractivity contribution in [1.29, 1.82) is 0 Å². The molecule has 17 heavy (non-hydrogen) atoms. The molecule has 1 saturated carbocycles. The highest BCUT2D eigenvalue weighted by atomic mass is 19.3. The van der Waals surface area contributed by atoms with Crippen molar-refractivity contribution in [2.45, 2.75) is 38.0 Å². The number of halogens is 2. The Bertz CT molecular complexity index is 371. The lowest BCUT2D eigenvalue weighted by Crippen LogP contribution is -2.33. The van der Waals surface area contributed by atoms with Gasteiger partial charge in [-0.25, -0.2) is 8.78 Å². The lowest BCUT2D eigenvalue weighted by molar-refractivity contribution is -0.0576. The van der Waals surface area contributed by atoms with Crippen molar-refractivity contribution in [3.63, 3.8) is 0 Å². The quantitative estimate of drug-likeness (QED) is 0.672. The van der Waals surface area contributed by atoms with E-state index in [1.165, 1.54) is 5.56 Å². The molecule has 0 N–H and O–H groups in total. The van der Waals surface area contributed by atoms with Crippen LogP contribution in [-0.2, 0) is 6.42 Å². The van der Waals surface area contributed by atoms with Crippen molar-refractivity contribution in [2.24, 2.45) is 5.41 Å². The number of alkyl halides is 2. The van der Waals surface area contributed by atoms with Gasteiger partial charge in [0.1, 0.15) is 0 Å². The van der Waals surface area contributed by atoms with Crippen LogP contribution in [0, 0.1) is 5.41 Å². The molecular formula is C15H18F2. The van der Waals surface area contributed by atoms with Crippen LogP contribution in [0.2, 0.25) is 0 Å². The highest BCUT2D eigenvalue weighted by Crippen LogP contribution is 2.46. The molecule has 2 rings (SSSR count). The van der Waals surface area contributed by atoms with Gasteiger partial charge in [-0.05, 0) is 30.2 Å². The first-order valence-electron chi connectivity index (χ1n) is 6.11. The van der Waals surface area contributed by atoms with Gasteiger partial charge in [0.15, 0.2) is 0 Å². The standard InChI is InChI=1S/C15H18F2/c1-2-14(8-10-15(16,17)11-9-14)12-13-6-4-3-5-7-13/h2-7H,1,8-12H2. The zero-order valence-electron chi connectivity index (χ0n) is 9.96. The Labute approximate surface area is 101 Å². The SMILES string of the molecule is C=CC1(Cc2ccccc2)CCC(F)(F)CC1. The molecule has 1 aliphatic rings. The molecule has 0 saturated heterocycles. The van der Waals surface area contributed by atoms with Gasteiger partial charge in [-0.3, -0.25) is 0 Å². The molecule has 1 aromatic rings. The Balaban J connectivity index is 2.09. The minimum Gasteiger partial charge on any atom is -0.207 e. The van der Waals surface area contributed by atoms with E-state index in [4.69, 9.17) is 0 Å². The van der Waals surface area contributed by atoms with E-state index in [1.54, 1.807) is 0 Å². The Morgan fingerprint density at radius 2 is 1.65 bits per heavy atom. The van der Waals surface area contributed by atoms with Gasteiger partial charge in [-0.1, -0.05) is 36.4 Å². The molecule has 0 unspecified atom stereocenters. The number of allylic oxidation sites excluding steroid dienone is 1. The number of benzene rings is 1. The summed E-state index contributed by atoms with van der Waals surface area (Å²) < 4.78 is 26.4. The fraction of sp³-hybridized carbons (Fsp3) is 0.467. The van der Waals surface area contributed by atoms with E-state index in [-0.39, 0.29) is 18.3 Å². The van der Waals surface area contributed by atoms with Gasteiger partial charge in [0.2, 0.25) is 5.92 Å². The second-order valence-corrected chi connectivity index (χ2v) is 5.08. The zero-order chi connectivity index (χ0) is 12.4. The van der Waals surface area contributed by atoms with Gasteiger partial charge >= 0.3 is 0 Å². The third-order valence-corrected chi connectivity index (χ3v) is 3.81. The summed E-state index contributed by atoms with van der Waals surface area (Å²) in [6, 6.07) is 10.1. The first kappa shape index (κ1) is 12.3. The van der Waals surface area contributed by atoms with Gasteiger partial charge in [0.25, 0.3) is 0 Å². The van der Waals surface area contributed by atoms with E-state index in [1.807, 2.05) is 24.3 Å². The number of rotatable bonds is 3. The first-order chi connectivity index (χ1) is 8.05. The van der Waals surface area contributed by atoms with Crippen LogP contribution in [0.1, 0.15) is 31.2 Å². The van der Waals surface area contributed by atoms with Crippen LogP contribution >= 0.6 is 0 Å². The summed E-state index contributed by atoms with van der Waals surface area (Å²) >= 11 is 0. The minimum absolute atomic E-state index is 0.00808. The average Bonchev–Trinajstić information content (AvgIpc) is 2.34. The Kier molecular flexibility index (Phi) is 3.32. The van der Waals surface area contributed by atoms with Crippen molar-refractivity contribution >= 4 is 0 Å². The molecule has 0 atom stereocenters. The Morgan fingerprint density at radius 1 is 1.06 bits per heavy atom. The van der Waals surface area contributed by atoms with Gasteiger partial charge in [0.05, 0.1) is 0 Å². The van der Waals surface area contributed by atoms with Crippen molar-refractivity contribution in [3.05, 3.63) is 48.6 Å². The molecule has 0 radical (unpaired) electrons. The van der Waals surface area contributed by atoms with Gasteiger partial charge < -0.3 is 0 Å². The number of hydrogen-bond acceptors (Lipinski definition) is 0. The summed E-state index contributed by atoms with van der Waals surface area (Å²) in [5.41, 5.74) is 1.07. The van der Waals surface area contributed by atoms with Crippen LogP contribution in [0.4, 0.5) is 8.78 Å². The summed E-state index contributed by atoms with van der Waals surface area (Å²) in [7, 11) is 0. The third-order valence-electron chi connectivity index (χ3n) is 3.81. The van der Waals surface area contributed by atoms with E-state index in [0.717, 1.165) is 6.42 Å². The monoisotopic (exact) mass is 236 g/mol. The predicted molar refractivity (Wildman–Crippen MR) is 66.2 cm³/mol. The molecule has 0 nitrogen and oxygen atoms in total. The first-order valence-corrected chi connectivity index (χ1v) is 6.11. The highest BCUT2D eigenvalue weighted by molar-refractivity contribution is 5.19. The molecule has 92 valence electrons. The van der Waals surface area contributed by atoms with Crippen LogP contribution in [-0.4, -0.2) is 5.92 Å². The lowest BCUT2D eigenvalue weighted by Gasteiger charge is -2.38. The van der Waals surface area contributed by atoms with Crippen molar-refractivity contribution in [3.8, 4) is 0 Å². The molecule has 0 spiro atoms. The third kappa shape index (κ3) is 2.93. The maximum atomic E-state index is 13.2. The van der Waals surface area contributed by atoms with Crippen molar-refractivity contribution in [1.82, 2.24) is 0 Å². The van der Waals surface area contributed by atoms with E-state index >= 15 is 0 Å². The second kappa shape index (κ2) is 4.59. The van der Waals surface area contributed by atoms with Gasteiger partial charge in [0, 0.05) is 12.8 Å². The fourth-order valence-corrected chi connectivity index (χ4v) is 2.57. The topological polar surface area (TPSA) is 0 Å². The molecule has 1 aromatic carbocycles. The molecule has 0 aromatic heterocycles.